The summed E-state index contributed by atoms with van der Waals surface area (Å²) in [6, 6.07) is 1.55. The molecule has 3 aromatic heterocycles. The van der Waals surface area contributed by atoms with Crippen LogP contribution in [0.25, 0.3) is 11.2 Å². The zero-order valence-electron chi connectivity index (χ0n) is 13.0. The van der Waals surface area contributed by atoms with Crippen molar-refractivity contribution in [2.24, 2.45) is 14.1 Å². The lowest BCUT2D eigenvalue weighted by Gasteiger charge is -2.07. The molecule has 126 valence electrons. The van der Waals surface area contributed by atoms with E-state index in [2.05, 4.69) is 15.5 Å². The fraction of sp³-hybridized carbons (Fsp3) is 0.308. The minimum Gasteiger partial charge on any atom is -0.360 e. The number of carbonyl (C=O) groups is 1. The van der Waals surface area contributed by atoms with Crippen molar-refractivity contribution < 1.29 is 9.32 Å². The summed E-state index contributed by atoms with van der Waals surface area (Å²) in [5, 5.41) is 6.10. The first-order valence-electron chi connectivity index (χ1n) is 6.84. The SMILES string of the molecule is Cc1cc(NC(=O)Cn2c(Cl)nc3c2c(=O)n(C)c(=O)n3C)no1. The summed E-state index contributed by atoms with van der Waals surface area (Å²) < 4.78 is 8.21. The van der Waals surface area contributed by atoms with Crippen molar-refractivity contribution >= 4 is 34.5 Å². The summed E-state index contributed by atoms with van der Waals surface area (Å²) in [5.41, 5.74) is -0.941. The second-order valence-corrected chi connectivity index (χ2v) is 5.55. The number of fused-ring (bicyclic) bond motifs is 1. The molecule has 0 saturated carbocycles. The first-order chi connectivity index (χ1) is 11.3. The third-order valence-electron chi connectivity index (χ3n) is 3.50. The first-order valence-corrected chi connectivity index (χ1v) is 7.22. The van der Waals surface area contributed by atoms with Crippen LogP contribution >= 0.6 is 11.6 Å². The van der Waals surface area contributed by atoms with Gasteiger partial charge in [0.15, 0.2) is 17.0 Å². The lowest BCUT2D eigenvalue weighted by atomic mass is 10.4. The van der Waals surface area contributed by atoms with Crippen LogP contribution in [0.1, 0.15) is 5.76 Å². The molecular formula is C13H13ClN6O4. The standard InChI is InChI=1S/C13H13ClN6O4/c1-6-4-7(17-24-6)15-8(21)5-20-9-10(16-12(20)14)18(2)13(23)19(3)11(9)22/h4H,5H2,1-3H3,(H,15,17,21). The first kappa shape index (κ1) is 16.0. The van der Waals surface area contributed by atoms with E-state index in [1.807, 2.05) is 0 Å². The van der Waals surface area contributed by atoms with Crippen LogP contribution in [-0.2, 0) is 25.4 Å². The summed E-state index contributed by atoms with van der Waals surface area (Å²) in [6.07, 6.45) is 0. The molecule has 0 radical (unpaired) electrons. The summed E-state index contributed by atoms with van der Waals surface area (Å²) in [5.74, 6) is 0.319. The molecule has 0 aliphatic heterocycles. The molecule has 0 atom stereocenters. The maximum absolute atomic E-state index is 12.3. The van der Waals surface area contributed by atoms with E-state index in [1.54, 1.807) is 13.0 Å². The van der Waals surface area contributed by atoms with Crippen LogP contribution in [0.3, 0.4) is 0 Å². The molecule has 11 heteroatoms. The quantitative estimate of drug-likeness (QED) is 0.664. The molecule has 3 rings (SSSR count). The lowest BCUT2D eigenvalue weighted by molar-refractivity contribution is -0.116. The lowest BCUT2D eigenvalue weighted by Crippen LogP contribution is -2.37. The smallest absolute Gasteiger partial charge is 0.332 e. The Morgan fingerprint density at radius 1 is 1.33 bits per heavy atom. The Kier molecular flexibility index (Phi) is 3.76. The molecule has 0 unspecified atom stereocenters. The second kappa shape index (κ2) is 5.64. The molecule has 0 fully saturated rings. The van der Waals surface area contributed by atoms with Gasteiger partial charge in [0, 0.05) is 20.2 Å². The number of nitrogens with one attached hydrogen (secondary N) is 1. The van der Waals surface area contributed by atoms with E-state index in [1.165, 1.54) is 23.2 Å². The van der Waals surface area contributed by atoms with Crippen molar-refractivity contribution in [1.29, 1.82) is 0 Å². The number of hydrogen-bond donors (Lipinski definition) is 1. The van der Waals surface area contributed by atoms with Crippen LogP contribution in [0, 0.1) is 6.92 Å². The normalized spacial score (nSPS) is 11.2. The molecule has 3 aromatic rings. The van der Waals surface area contributed by atoms with Gasteiger partial charge in [0.2, 0.25) is 11.2 Å². The number of nitrogens with zero attached hydrogens (tertiary/aromatic N) is 5. The Labute approximate surface area is 139 Å². The van der Waals surface area contributed by atoms with Gasteiger partial charge in [-0.2, -0.15) is 4.98 Å². The number of rotatable bonds is 3. The largest absolute Gasteiger partial charge is 0.360 e. The van der Waals surface area contributed by atoms with E-state index >= 15 is 0 Å². The highest BCUT2D eigenvalue weighted by atomic mass is 35.5. The zero-order valence-corrected chi connectivity index (χ0v) is 13.8. The number of aromatic nitrogens is 5. The average Bonchev–Trinajstić information content (AvgIpc) is 3.07. The van der Waals surface area contributed by atoms with E-state index in [4.69, 9.17) is 16.1 Å². The minimum absolute atomic E-state index is 0.0658. The predicted octanol–water partition coefficient (Wildman–Crippen LogP) is 0.0222. The maximum Gasteiger partial charge on any atom is 0.332 e. The highest BCUT2D eigenvalue weighted by molar-refractivity contribution is 6.29. The van der Waals surface area contributed by atoms with Crippen molar-refractivity contribution in [3.05, 3.63) is 37.9 Å². The van der Waals surface area contributed by atoms with Crippen molar-refractivity contribution in [2.75, 3.05) is 5.32 Å². The molecule has 0 aromatic carbocycles. The van der Waals surface area contributed by atoms with Crippen molar-refractivity contribution in [3.63, 3.8) is 0 Å². The Bertz CT molecular complexity index is 1070. The third-order valence-corrected chi connectivity index (χ3v) is 3.79. The number of imidazole rings is 1. The van der Waals surface area contributed by atoms with E-state index in [0.717, 1.165) is 4.57 Å². The Morgan fingerprint density at radius 2 is 2.04 bits per heavy atom. The Balaban J connectivity index is 2.04. The fourth-order valence-corrected chi connectivity index (χ4v) is 2.54. The molecule has 3 heterocycles. The summed E-state index contributed by atoms with van der Waals surface area (Å²) in [4.78, 5) is 40.4. The number of carbonyl (C=O) groups excluding carboxylic acids is 1. The molecule has 1 amide bonds. The molecule has 10 nitrogen and oxygen atoms in total. The van der Waals surface area contributed by atoms with Gasteiger partial charge >= 0.3 is 5.69 Å². The van der Waals surface area contributed by atoms with Crippen LogP contribution < -0.4 is 16.6 Å². The van der Waals surface area contributed by atoms with Crippen LogP contribution in [-0.4, -0.2) is 29.7 Å². The average molecular weight is 353 g/mol. The van der Waals surface area contributed by atoms with Gasteiger partial charge in [-0.15, -0.1) is 0 Å². The van der Waals surface area contributed by atoms with Gasteiger partial charge in [0.25, 0.3) is 5.56 Å². The van der Waals surface area contributed by atoms with E-state index < -0.39 is 17.2 Å². The number of hydrogen-bond acceptors (Lipinski definition) is 6. The van der Waals surface area contributed by atoms with E-state index in [-0.39, 0.29) is 28.8 Å². The van der Waals surface area contributed by atoms with Crippen LogP contribution in [0.2, 0.25) is 5.28 Å². The molecule has 0 aliphatic rings. The molecular weight excluding hydrogens is 340 g/mol. The van der Waals surface area contributed by atoms with Crippen LogP contribution in [0.5, 0.6) is 0 Å². The maximum atomic E-state index is 12.3. The van der Waals surface area contributed by atoms with E-state index in [0.29, 0.717) is 5.76 Å². The van der Waals surface area contributed by atoms with Crippen LogP contribution in [0.15, 0.2) is 20.2 Å². The summed E-state index contributed by atoms with van der Waals surface area (Å²) >= 11 is 6.04. The molecule has 0 saturated heterocycles. The molecule has 0 spiro atoms. The monoisotopic (exact) mass is 352 g/mol. The van der Waals surface area contributed by atoms with Gasteiger partial charge in [-0.1, -0.05) is 5.16 Å². The van der Waals surface area contributed by atoms with Crippen molar-refractivity contribution in [1.82, 2.24) is 23.8 Å². The second-order valence-electron chi connectivity index (χ2n) is 5.22. The highest BCUT2D eigenvalue weighted by Crippen LogP contribution is 2.16. The minimum atomic E-state index is -0.586. The number of anilines is 1. The van der Waals surface area contributed by atoms with Gasteiger partial charge in [0.1, 0.15) is 12.3 Å². The third kappa shape index (κ3) is 2.50. The van der Waals surface area contributed by atoms with Gasteiger partial charge in [-0.25, -0.2) is 4.79 Å². The fourth-order valence-electron chi connectivity index (χ4n) is 2.32. The topological polar surface area (TPSA) is 117 Å². The molecule has 24 heavy (non-hydrogen) atoms. The number of amides is 1. The Morgan fingerprint density at radius 3 is 2.67 bits per heavy atom. The van der Waals surface area contributed by atoms with Crippen molar-refractivity contribution in [3.8, 4) is 0 Å². The zero-order chi connectivity index (χ0) is 17.6. The van der Waals surface area contributed by atoms with Gasteiger partial charge in [-0.05, 0) is 18.5 Å². The molecule has 1 N–H and O–H groups in total. The Hall–Kier alpha value is -2.88. The number of halogens is 1. The predicted molar refractivity (Wildman–Crippen MR) is 85.1 cm³/mol. The summed E-state index contributed by atoms with van der Waals surface area (Å²) in [7, 11) is 2.81. The van der Waals surface area contributed by atoms with E-state index in [9.17, 15) is 14.4 Å². The highest BCUT2D eigenvalue weighted by Gasteiger charge is 2.20. The number of aryl methyl sites for hydroxylation is 2. The van der Waals surface area contributed by atoms with Gasteiger partial charge in [0.05, 0.1) is 0 Å². The van der Waals surface area contributed by atoms with Gasteiger partial charge in [-0.3, -0.25) is 23.3 Å². The summed E-state index contributed by atoms with van der Waals surface area (Å²) in [6.45, 7) is 1.42. The van der Waals surface area contributed by atoms with Gasteiger partial charge < -0.3 is 9.84 Å². The van der Waals surface area contributed by atoms with Crippen LogP contribution in [0.4, 0.5) is 5.82 Å². The molecule has 0 bridgehead atoms. The van der Waals surface area contributed by atoms with Crippen molar-refractivity contribution in [2.45, 2.75) is 13.5 Å². The molecule has 0 aliphatic carbocycles.